The normalized spacial score (nSPS) is 19.2. The van der Waals surface area contributed by atoms with Gasteiger partial charge in [0.15, 0.2) is 0 Å². The van der Waals surface area contributed by atoms with Gasteiger partial charge in [-0.15, -0.1) is 0 Å². The fourth-order valence-corrected chi connectivity index (χ4v) is 3.62. The number of halogens is 1. The molecule has 0 spiro atoms. The highest BCUT2D eigenvalue weighted by molar-refractivity contribution is 5.87. The molecule has 0 saturated carbocycles. The van der Waals surface area contributed by atoms with Crippen LogP contribution in [0.4, 0.5) is 9.18 Å². The highest BCUT2D eigenvalue weighted by Gasteiger charge is 2.33. The van der Waals surface area contributed by atoms with E-state index in [-0.39, 0.29) is 17.9 Å². The quantitative estimate of drug-likeness (QED) is 0.810. The van der Waals surface area contributed by atoms with Crippen LogP contribution < -0.4 is 10.6 Å². The number of carbonyl (C=O) groups is 2. The van der Waals surface area contributed by atoms with Gasteiger partial charge in [0.05, 0.1) is 0 Å². The van der Waals surface area contributed by atoms with Crippen molar-refractivity contribution in [2.24, 2.45) is 0 Å². The van der Waals surface area contributed by atoms with Gasteiger partial charge in [0.1, 0.15) is 17.5 Å². The van der Waals surface area contributed by atoms with Crippen LogP contribution in [-0.2, 0) is 16.0 Å². The van der Waals surface area contributed by atoms with Crippen LogP contribution in [0.15, 0.2) is 48.5 Å². The first-order chi connectivity index (χ1) is 13.6. The maximum atomic E-state index is 13.4. The molecule has 1 aliphatic carbocycles. The molecule has 0 saturated heterocycles. The van der Waals surface area contributed by atoms with Crippen LogP contribution in [0, 0.1) is 5.82 Å². The van der Waals surface area contributed by atoms with Gasteiger partial charge in [-0.3, -0.25) is 4.79 Å². The third-order valence-electron chi connectivity index (χ3n) is 5.04. The minimum Gasteiger partial charge on any atom is -0.444 e. The van der Waals surface area contributed by atoms with Gasteiger partial charge in [0.2, 0.25) is 5.91 Å². The molecule has 154 valence electrons. The van der Waals surface area contributed by atoms with Crippen molar-refractivity contribution in [1.29, 1.82) is 0 Å². The Kier molecular flexibility index (Phi) is 5.91. The summed E-state index contributed by atoms with van der Waals surface area (Å²) in [6.07, 6.45) is 0.0239. The zero-order valence-corrected chi connectivity index (χ0v) is 17.2. The van der Waals surface area contributed by atoms with E-state index >= 15 is 0 Å². The van der Waals surface area contributed by atoms with E-state index in [4.69, 9.17) is 4.74 Å². The number of rotatable bonds is 4. The Balaban J connectivity index is 1.77. The van der Waals surface area contributed by atoms with Crippen LogP contribution >= 0.6 is 0 Å². The maximum absolute atomic E-state index is 13.4. The molecule has 5 nitrogen and oxygen atoms in total. The number of fused-ring (bicyclic) bond motifs is 1. The number of carbonyl (C=O) groups excluding carboxylic acids is 2. The summed E-state index contributed by atoms with van der Waals surface area (Å²) in [5.74, 6) is -0.609. The lowest BCUT2D eigenvalue weighted by Crippen LogP contribution is -2.46. The molecule has 0 aromatic heterocycles. The third-order valence-corrected chi connectivity index (χ3v) is 5.04. The summed E-state index contributed by atoms with van der Waals surface area (Å²) in [4.78, 5) is 25.4. The van der Waals surface area contributed by atoms with Gasteiger partial charge < -0.3 is 15.4 Å². The average molecular weight is 398 g/mol. The number of hydrogen-bond acceptors (Lipinski definition) is 3. The number of alkyl carbamates (subject to hydrolysis) is 1. The molecule has 3 atom stereocenters. The molecule has 2 aromatic carbocycles. The number of hydrogen-bond donors (Lipinski definition) is 2. The van der Waals surface area contributed by atoms with Crippen LogP contribution in [-0.4, -0.2) is 23.6 Å². The maximum Gasteiger partial charge on any atom is 0.408 e. The predicted octanol–water partition coefficient (Wildman–Crippen LogP) is 4.24. The molecule has 0 bridgehead atoms. The van der Waals surface area contributed by atoms with Crippen LogP contribution in [0.5, 0.6) is 0 Å². The molecular formula is C23H27FN2O3. The fraction of sp³-hybridized carbons (Fsp3) is 0.391. The van der Waals surface area contributed by atoms with Gasteiger partial charge in [0.25, 0.3) is 0 Å². The highest BCUT2D eigenvalue weighted by Crippen LogP contribution is 2.33. The molecule has 3 rings (SSSR count). The van der Waals surface area contributed by atoms with E-state index < -0.39 is 23.6 Å². The van der Waals surface area contributed by atoms with E-state index in [0.717, 1.165) is 6.42 Å². The van der Waals surface area contributed by atoms with Crippen molar-refractivity contribution < 1.29 is 18.7 Å². The van der Waals surface area contributed by atoms with Gasteiger partial charge >= 0.3 is 6.09 Å². The first-order valence-electron chi connectivity index (χ1n) is 9.77. The molecule has 2 amide bonds. The number of ether oxygens (including phenoxy) is 1. The van der Waals surface area contributed by atoms with Gasteiger partial charge in [-0.2, -0.15) is 0 Å². The van der Waals surface area contributed by atoms with Crippen molar-refractivity contribution in [3.63, 3.8) is 0 Å². The Labute approximate surface area is 170 Å². The number of benzene rings is 2. The van der Waals surface area contributed by atoms with Crippen molar-refractivity contribution in [1.82, 2.24) is 10.6 Å². The molecular weight excluding hydrogens is 371 g/mol. The summed E-state index contributed by atoms with van der Waals surface area (Å²) in [6.45, 7) is 7.32. The van der Waals surface area contributed by atoms with Crippen LogP contribution in [0.25, 0.3) is 0 Å². The monoisotopic (exact) mass is 398 g/mol. The van der Waals surface area contributed by atoms with Crippen molar-refractivity contribution in [2.45, 2.75) is 57.7 Å². The number of nitrogens with one attached hydrogen (secondary N) is 2. The van der Waals surface area contributed by atoms with Crippen molar-refractivity contribution >= 4 is 12.0 Å². The van der Waals surface area contributed by atoms with Crippen molar-refractivity contribution in [3.8, 4) is 0 Å². The average Bonchev–Trinajstić information content (AvgIpc) is 2.95. The Morgan fingerprint density at radius 3 is 2.38 bits per heavy atom. The van der Waals surface area contributed by atoms with Gasteiger partial charge in [0, 0.05) is 12.0 Å². The smallest absolute Gasteiger partial charge is 0.408 e. The van der Waals surface area contributed by atoms with E-state index in [9.17, 15) is 14.0 Å². The summed E-state index contributed by atoms with van der Waals surface area (Å²) in [7, 11) is 0. The van der Waals surface area contributed by atoms with Gasteiger partial charge in [-0.05, 0) is 56.0 Å². The highest BCUT2D eigenvalue weighted by atomic mass is 19.1. The molecule has 6 heteroatoms. The van der Waals surface area contributed by atoms with Crippen LogP contribution in [0.1, 0.15) is 56.3 Å². The largest absolute Gasteiger partial charge is 0.444 e. The Morgan fingerprint density at radius 2 is 1.76 bits per heavy atom. The first kappa shape index (κ1) is 20.8. The summed E-state index contributed by atoms with van der Waals surface area (Å²) >= 11 is 0. The summed E-state index contributed by atoms with van der Waals surface area (Å²) in [6, 6.07) is 12.6. The van der Waals surface area contributed by atoms with Crippen molar-refractivity contribution in [2.75, 3.05) is 0 Å². The van der Waals surface area contributed by atoms with E-state index in [0.29, 0.717) is 5.56 Å². The molecule has 0 heterocycles. The van der Waals surface area contributed by atoms with Crippen LogP contribution in [0.2, 0.25) is 0 Å². The standard InChI is InChI=1S/C23H27FN2O3/c1-14-18-8-6-5-7-16(18)13-19(14)25-21(27)20(15-9-11-17(24)12-10-15)26-22(28)29-23(2,3)4/h5-12,14,19-20H,13H2,1-4H3,(H,25,27)(H,26,28)/t14?,19?,20-/m0/s1. The van der Waals surface area contributed by atoms with Crippen LogP contribution in [0.3, 0.4) is 0 Å². The molecule has 29 heavy (non-hydrogen) atoms. The lowest BCUT2D eigenvalue weighted by atomic mass is 10.00. The minimum absolute atomic E-state index is 0.0803. The predicted molar refractivity (Wildman–Crippen MR) is 109 cm³/mol. The lowest BCUT2D eigenvalue weighted by molar-refractivity contribution is -0.124. The van der Waals surface area contributed by atoms with Gasteiger partial charge in [-0.1, -0.05) is 43.3 Å². The lowest BCUT2D eigenvalue weighted by Gasteiger charge is -2.25. The molecule has 2 aromatic rings. The van der Waals surface area contributed by atoms with Gasteiger partial charge in [-0.25, -0.2) is 9.18 Å². The molecule has 0 radical (unpaired) electrons. The second-order valence-electron chi connectivity index (χ2n) is 8.44. The summed E-state index contributed by atoms with van der Waals surface area (Å²) < 4.78 is 18.7. The van der Waals surface area contributed by atoms with E-state index in [2.05, 4.69) is 29.7 Å². The third kappa shape index (κ3) is 5.13. The first-order valence-corrected chi connectivity index (χ1v) is 9.77. The summed E-state index contributed by atoms with van der Waals surface area (Å²) in [5.41, 5.74) is 2.22. The SMILES string of the molecule is CC1c2ccccc2CC1NC(=O)[C@@H](NC(=O)OC(C)(C)C)c1ccc(F)cc1. The topological polar surface area (TPSA) is 67.4 Å². The van der Waals surface area contributed by atoms with Crippen molar-refractivity contribution in [3.05, 3.63) is 71.0 Å². The van der Waals surface area contributed by atoms with E-state index in [1.54, 1.807) is 20.8 Å². The summed E-state index contributed by atoms with van der Waals surface area (Å²) in [5, 5.41) is 5.68. The minimum atomic E-state index is -0.985. The molecule has 1 aliphatic rings. The Morgan fingerprint density at radius 1 is 1.10 bits per heavy atom. The Hall–Kier alpha value is -2.89. The molecule has 2 N–H and O–H groups in total. The molecule has 0 fully saturated rings. The van der Waals surface area contributed by atoms with E-state index in [1.807, 2.05) is 12.1 Å². The Bertz CT molecular complexity index is 890. The zero-order valence-electron chi connectivity index (χ0n) is 17.2. The second kappa shape index (κ2) is 8.23. The second-order valence-corrected chi connectivity index (χ2v) is 8.44. The zero-order chi connectivity index (χ0) is 21.2. The number of amides is 2. The molecule has 2 unspecified atom stereocenters. The molecule has 0 aliphatic heterocycles. The fourth-order valence-electron chi connectivity index (χ4n) is 3.62. The van der Waals surface area contributed by atoms with E-state index in [1.165, 1.54) is 35.4 Å².